The van der Waals surface area contributed by atoms with Gasteiger partial charge in [0.1, 0.15) is 0 Å². The Bertz CT molecular complexity index is 567. The average molecular weight is 336 g/mol. The maximum Gasteiger partial charge on any atom is 0.0452 e. The Morgan fingerprint density at radius 2 is 1.73 bits per heavy atom. The molecule has 0 aliphatic rings. The van der Waals surface area contributed by atoms with E-state index in [-0.39, 0.29) is 0 Å². The van der Waals surface area contributed by atoms with E-state index in [0.717, 1.165) is 24.4 Å². The van der Waals surface area contributed by atoms with Crippen LogP contribution in [0.1, 0.15) is 36.0 Å². The predicted octanol–water partition coefficient (Wildman–Crippen LogP) is 6.44. The van der Waals surface area contributed by atoms with Gasteiger partial charge in [-0.05, 0) is 62.4 Å². The molecule has 0 unspecified atom stereocenters. The molecular weight excluding hydrogens is 313 g/mol. The Hall–Kier alpha value is -1.18. The molecule has 0 bridgehead atoms. The molecule has 0 saturated carbocycles. The maximum atomic E-state index is 6.18. The van der Waals surface area contributed by atoms with Gasteiger partial charge < -0.3 is 5.32 Å². The summed E-state index contributed by atoms with van der Waals surface area (Å²) in [6, 6.07) is 12.3. The van der Waals surface area contributed by atoms with Crippen LogP contribution in [-0.4, -0.2) is 6.54 Å². The molecule has 2 aromatic rings. The largest absolute Gasteiger partial charge is 0.385 e. The van der Waals surface area contributed by atoms with Crippen LogP contribution in [0, 0.1) is 13.8 Å². The van der Waals surface area contributed by atoms with Gasteiger partial charge in [-0.3, -0.25) is 0 Å². The third kappa shape index (κ3) is 5.23. The number of hydrogen-bond donors (Lipinski definition) is 1. The van der Waals surface area contributed by atoms with Gasteiger partial charge in [0.2, 0.25) is 0 Å². The highest BCUT2D eigenvalue weighted by molar-refractivity contribution is 6.35. The molecule has 22 heavy (non-hydrogen) atoms. The topological polar surface area (TPSA) is 12.0 Å². The molecule has 0 fully saturated rings. The molecule has 0 atom stereocenters. The number of unbranched alkanes of at least 4 members (excludes halogenated alkanes) is 2. The Balaban J connectivity index is 1.67. The van der Waals surface area contributed by atoms with Crippen molar-refractivity contribution in [3.8, 4) is 0 Å². The van der Waals surface area contributed by atoms with Crippen LogP contribution in [0.3, 0.4) is 0 Å². The summed E-state index contributed by atoms with van der Waals surface area (Å²) >= 11 is 12.1. The molecule has 0 aliphatic carbocycles. The number of halogens is 2. The van der Waals surface area contributed by atoms with Gasteiger partial charge in [0.15, 0.2) is 0 Å². The number of anilines is 1. The summed E-state index contributed by atoms with van der Waals surface area (Å²) in [5.74, 6) is 0. The van der Waals surface area contributed by atoms with Crippen LogP contribution in [0.15, 0.2) is 36.4 Å². The number of benzene rings is 2. The molecule has 0 aromatic heterocycles. The van der Waals surface area contributed by atoms with Crippen LogP contribution < -0.4 is 5.32 Å². The van der Waals surface area contributed by atoms with E-state index < -0.39 is 0 Å². The van der Waals surface area contributed by atoms with Gasteiger partial charge in [-0.25, -0.2) is 0 Å². The third-order valence-corrected chi connectivity index (χ3v) is 4.42. The number of nitrogens with one attached hydrogen (secondary N) is 1. The SMILES string of the molecule is Cc1ccc(NCCCCCc2ccc(Cl)cc2Cl)c(C)c1. The smallest absolute Gasteiger partial charge is 0.0452 e. The normalized spacial score (nSPS) is 10.7. The lowest BCUT2D eigenvalue weighted by Gasteiger charge is -2.10. The molecule has 0 spiro atoms. The Labute approximate surface area is 143 Å². The van der Waals surface area contributed by atoms with Crippen LogP contribution in [0.2, 0.25) is 10.0 Å². The zero-order chi connectivity index (χ0) is 15.9. The Morgan fingerprint density at radius 1 is 0.909 bits per heavy atom. The second kappa shape index (κ2) is 8.45. The first-order valence-electron chi connectivity index (χ1n) is 7.81. The molecular formula is C19H23Cl2N. The lowest BCUT2D eigenvalue weighted by Crippen LogP contribution is -2.03. The highest BCUT2D eigenvalue weighted by Crippen LogP contribution is 2.22. The van der Waals surface area contributed by atoms with Crippen molar-refractivity contribution in [2.24, 2.45) is 0 Å². The number of hydrogen-bond acceptors (Lipinski definition) is 1. The summed E-state index contributed by atoms with van der Waals surface area (Å²) in [7, 11) is 0. The lowest BCUT2D eigenvalue weighted by atomic mass is 10.1. The van der Waals surface area contributed by atoms with Crippen molar-refractivity contribution in [3.05, 3.63) is 63.1 Å². The molecule has 1 N–H and O–H groups in total. The van der Waals surface area contributed by atoms with Crippen molar-refractivity contribution >= 4 is 28.9 Å². The fourth-order valence-electron chi connectivity index (χ4n) is 2.58. The lowest BCUT2D eigenvalue weighted by molar-refractivity contribution is 0.698. The monoisotopic (exact) mass is 335 g/mol. The zero-order valence-corrected chi connectivity index (χ0v) is 14.8. The van der Waals surface area contributed by atoms with Crippen molar-refractivity contribution < 1.29 is 0 Å². The van der Waals surface area contributed by atoms with E-state index in [9.17, 15) is 0 Å². The van der Waals surface area contributed by atoms with Crippen LogP contribution in [-0.2, 0) is 6.42 Å². The molecule has 0 saturated heterocycles. The standard InChI is InChI=1S/C19H23Cl2N/c1-14-7-10-19(15(2)12-14)22-11-5-3-4-6-16-8-9-17(20)13-18(16)21/h7-10,12-13,22H,3-6,11H2,1-2H3. The van der Waals surface area contributed by atoms with E-state index in [1.54, 1.807) is 0 Å². The minimum Gasteiger partial charge on any atom is -0.385 e. The minimum absolute atomic E-state index is 0.700. The minimum atomic E-state index is 0.700. The molecule has 2 aromatic carbocycles. The zero-order valence-electron chi connectivity index (χ0n) is 13.3. The molecule has 3 heteroatoms. The van der Waals surface area contributed by atoms with Gasteiger partial charge in [-0.1, -0.05) is 53.4 Å². The second-order valence-corrected chi connectivity index (χ2v) is 6.64. The van der Waals surface area contributed by atoms with Crippen molar-refractivity contribution in [2.45, 2.75) is 39.5 Å². The average Bonchev–Trinajstić information content (AvgIpc) is 2.46. The summed E-state index contributed by atoms with van der Waals surface area (Å²) in [5, 5.41) is 4.99. The maximum absolute atomic E-state index is 6.18. The highest BCUT2D eigenvalue weighted by Gasteiger charge is 2.01. The van der Waals surface area contributed by atoms with Crippen LogP contribution in [0.25, 0.3) is 0 Å². The van der Waals surface area contributed by atoms with Crippen molar-refractivity contribution in [1.29, 1.82) is 0 Å². The van der Waals surface area contributed by atoms with Gasteiger partial charge in [-0.15, -0.1) is 0 Å². The van der Waals surface area contributed by atoms with Crippen molar-refractivity contribution in [2.75, 3.05) is 11.9 Å². The summed E-state index contributed by atoms with van der Waals surface area (Å²) in [6.07, 6.45) is 4.52. The van der Waals surface area contributed by atoms with Gasteiger partial charge in [0.05, 0.1) is 0 Å². The Morgan fingerprint density at radius 3 is 2.45 bits per heavy atom. The molecule has 118 valence electrons. The molecule has 0 amide bonds. The molecule has 2 rings (SSSR count). The van der Waals surface area contributed by atoms with Crippen LogP contribution >= 0.6 is 23.2 Å². The quantitative estimate of drug-likeness (QED) is 0.574. The summed E-state index contributed by atoms with van der Waals surface area (Å²) in [6.45, 7) is 5.29. The molecule has 0 radical (unpaired) electrons. The fourth-order valence-corrected chi connectivity index (χ4v) is 3.08. The third-order valence-electron chi connectivity index (χ3n) is 3.84. The van der Waals surface area contributed by atoms with Crippen molar-refractivity contribution in [1.82, 2.24) is 0 Å². The highest BCUT2D eigenvalue weighted by atomic mass is 35.5. The van der Waals surface area contributed by atoms with Gasteiger partial charge in [-0.2, -0.15) is 0 Å². The second-order valence-electron chi connectivity index (χ2n) is 5.79. The summed E-state index contributed by atoms with van der Waals surface area (Å²) < 4.78 is 0. The van der Waals surface area contributed by atoms with E-state index in [2.05, 4.69) is 37.4 Å². The molecule has 0 aliphatic heterocycles. The van der Waals surface area contributed by atoms with Crippen LogP contribution in [0.4, 0.5) is 5.69 Å². The first-order chi connectivity index (χ1) is 10.6. The fraction of sp³-hybridized carbons (Fsp3) is 0.368. The molecule has 0 heterocycles. The first kappa shape index (κ1) is 17.2. The Kier molecular flexibility index (Phi) is 6.60. The van der Waals surface area contributed by atoms with E-state index in [0.29, 0.717) is 5.02 Å². The summed E-state index contributed by atoms with van der Waals surface area (Å²) in [4.78, 5) is 0. The van der Waals surface area contributed by atoms with Crippen LogP contribution in [0.5, 0.6) is 0 Å². The summed E-state index contributed by atoms with van der Waals surface area (Å²) in [5.41, 5.74) is 5.05. The predicted molar refractivity (Wildman–Crippen MR) is 98.4 cm³/mol. The van der Waals surface area contributed by atoms with E-state index >= 15 is 0 Å². The molecule has 1 nitrogen and oxygen atoms in total. The van der Waals surface area contributed by atoms with E-state index in [1.165, 1.54) is 35.2 Å². The van der Waals surface area contributed by atoms with E-state index in [4.69, 9.17) is 23.2 Å². The van der Waals surface area contributed by atoms with Gasteiger partial charge >= 0.3 is 0 Å². The first-order valence-corrected chi connectivity index (χ1v) is 8.57. The van der Waals surface area contributed by atoms with E-state index in [1.807, 2.05) is 18.2 Å². The van der Waals surface area contributed by atoms with Gasteiger partial charge in [0, 0.05) is 22.3 Å². The number of aryl methyl sites for hydroxylation is 3. The van der Waals surface area contributed by atoms with Gasteiger partial charge in [0.25, 0.3) is 0 Å². The van der Waals surface area contributed by atoms with Crippen molar-refractivity contribution in [3.63, 3.8) is 0 Å². The number of rotatable bonds is 7.